The second kappa shape index (κ2) is 9.19. The zero-order valence-corrected chi connectivity index (χ0v) is 20.0. The van der Waals surface area contributed by atoms with Crippen molar-refractivity contribution >= 4 is 57.1 Å². The summed E-state index contributed by atoms with van der Waals surface area (Å²) in [5, 5.41) is 1.01. The Morgan fingerprint density at radius 2 is 2.00 bits per heavy atom. The van der Waals surface area contributed by atoms with Gasteiger partial charge in [-0.3, -0.25) is 14.5 Å². The van der Waals surface area contributed by atoms with Gasteiger partial charge in [-0.2, -0.15) is 0 Å². The van der Waals surface area contributed by atoms with Gasteiger partial charge in [0.15, 0.2) is 0 Å². The first-order valence-electron chi connectivity index (χ1n) is 11.1. The molecular formula is C25H25N3O3S2. The van der Waals surface area contributed by atoms with Crippen LogP contribution in [0.4, 0.5) is 0 Å². The quantitative estimate of drug-likeness (QED) is 0.385. The largest absolute Gasteiger partial charge is 0.467 e. The number of likely N-dealkylation sites (tertiary alicyclic amines) is 1. The predicted molar refractivity (Wildman–Crippen MR) is 134 cm³/mol. The minimum Gasteiger partial charge on any atom is -0.467 e. The van der Waals surface area contributed by atoms with Crippen LogP contribution in [0.15, 0.2) is 58.2 Å². The Bertz CT molecular complexity index is 1240. The lowest BCUT2D eigenvalue weighted by molar-refractivity contribution is -0.133. The number of amides is 2. The van der Waals surface area contributed by atoms with Crippen LogP contribution < -0.4 is 0 Å². The number of thiocarbonyl (C=S) groups is 1. The van der Waals surface area contributed by atoms with Gasteiger partial charge in [0, 0.05) is 35.8 Å². The molecular weight excluding hydrogens is 454 g/mol. The van der Waals surface area contributed by atoms with Crippen molar-refractivity contribution in [1.82, 2.24) is 14.4 Å². The predicted octanol–water partition coefficient (Wildman–Crippen LogP) is 4.89. The fourth-order valence-corrected chi connectivity index (χ4v) is 5.61. The van der Waals surface area contributed by atoms with E-state index in [4.69, 9.17) is 16.6 Å². The van der Waals surface area contributed by atoms with E-state index in [1.807, 2.05) is 52.1 Å². The molecule has 0 atom stereocenters. The van der Waals surface area contributed by atoms with Crippen LogP contribution in [-0.2, 0) is 22.7 Å². The fraction of sp³-hybridized carbons (Fsp3) is 0.320. The van der Waals surface area contributed by atoms with E-state index in [0.29, 0.717) is 34.0 Å². The molecule has 0 unspecified atom stereocenters. The number of benzene rings is 1. The van der Waals surface area contributed by atoms with Crippen LogP contribution in [0.1, 0.15) is 31.1 Å². The standard InChI is InChI=1S/C25H25N3O3S2/c1-17-8-10-26(11-9-17)23(29)16-27-14-18(20-6-2-3-7-21(20)27)13-22-24(30)28(25(32)33-22)15-19-5-4-12-31-19/h2-7,12-14,17H,8-11,15-16H2,1H3/b22-13-. The summed E-state index contributed by atoms with van der Waals surface area (Å²) >= 11 is 6.75. The van der Waals surface area contributed by atoms with Gasteiger partial charge < -0.3 is 13.9 Å². The summed E-state index contributed by atoms with van der Waals surface area (Å²) in [4.78, 5) is 30.1. The third kappa shape index (κ3) is 4.50. The molecule has 2 saturated heterocycles. The summed E-state index contributed by atoms with van der Waals surface area (Å²) in [5.74, 6) is 1.38. The molecule has 0 radical (unpaired) electrons. The van der Waals surface area contributed by atoms with E-state index < -0.39 is 0 Å². The van der Waals surface area contributed by atoms with E-state index in [1.165, 1.54) is 11.8 Å². The number of fused-ring (bicyclic) bond motifs is 1. The minimum absolute atomic E-state index is 0.128. The normalized spacial score (nSPS) is 18.8. The van der Waals surface area contributed by atoms with Crippen molar-refractivity contribution in [3.05, 3.63) is 65.1 Å². The third-order valence-electron chi connectivity index (χ3n) is 6.32. The average molecular weight is 480 g/mol. The Kier molecular flexibility index (Phi) is 6.12. The molecule has 2 aromatic heterocycles. The highest BCUT2D eigenvalue weighted by Crippen LogP contribution is 2.35. The zero-order valence-electron chi connectivity index (χ0n) is 18.4. The number of carbonyl (C=O) groups is 2. The smallest absolute Gasteiger partial charge is 0.266 e. The number of carbonyl (C=O) groups excluding carboxylic acids is 2. The van der Waals surface area contributed by atoms with Crippen molar-refractivity contribution in [3.63, 3.8) is 0 Å². The molecule has 0 bridgehead atoms. The lowest BCUT2D eigenvalue weighted by Crippen LogP contribution is -2.39. The van der Waals surface area contributed by atoms with Crippen molar-refractivity contribution < 1.29 is 14.0 Å². The van der Waals surface area contributed by atoms with Crippen molar-refractivity contribution in [2.45, 2.75) is 32.9 Å². The van der Waals surface area contributed by atoms with Gasteiger partial charge in [-0.1, -0.05) is 49.1 Å². The number of para-hydroxylation sites is 1. The van der Waals surface area contributed by atoms with Crippen LogP contribution in [0.5, 0.6) is 0 Å². The van der Waals surface area contributed by atoms with Crippen molar-refractivity contribution in [2.75, 3.05) is 13.1 Å². The van der Waals surface area contributed by atoms with Gasteiger partial charge in [-0.15, -0.1) is 0 Å². The van der Waals surface area contributed by atoms with Gasteiger partial charge in [-0.25, -0.2) is 0 Å². The molecule has 0 saturated carbocycles. The SMILES string of the molecule is CC1CCN(C(=O)Cn2cc(/C=C3\SC(=S)N(Cc4ccco4)C3=O)c3ccccc32)CC1. The molecule has 2 fully saturated rings. The molecule has 3 aromatic rings. The first-order valence-corrected chi connectivity index (χ1v) is 12.4. The second-order valence-electron chi connectivity index (χ2n) is 8.64. The van der Waals surface area contributed by atoms with Gasteiger partial charge in [-0.05, 0) is 43.0 Å². The van der Waals surface area contributed by atoms with E-state index in [1.54, 1.807) is 17.2 Å². The van der Waals surface area contributed by atoms with Crippen molar-refractivity contribution in [2.24, 2.45) is 5.92 Å². The maximum atomic E-state index is 13.0. The molecule has 5 rings (SSSR count). The number of nitrogens with zero attached hydrogens (tertiary/aromatic N) is 3. The first kappa shape index (κ1) is 22.0. The first-order chi connectivity index (χ1) is 16.0. The van der Waals surface area contributed by atoms with E-state index >= 15 is 0 Å². The van der Waals surface area contributed by atoms with Crippen molar-refractivity contribution in [3.8, 4) is 0 Å². The molecule has 0 aliphatic carbocycles. The second-order valence-corrected chi connectivity index (χ2v) is 10.3. The highest BCUT2D eigenvalue weighted by molar-refractivity contribution is 8.26. The van der Waals surface area contributed by atoms with E-state index in [9.17, 15) is 9.59 Å². The summed E-state index contributed by atoms with van der Waals surface area (Å²) < 4.78 is 7.88. The average Bonchev–Trinajstić information content (AvgIpc) is 3.51. The molecule has 33 heavy (non-hydrogen) atoms. The third-order valence-corrected chi connectivity index (χ3v) is 7.69. The van der Waals surface area contributed by atoms with E-state index in [2.05, 4.69) is 6.92 Å². The van der Waals surface area contributed by atoms with Gasteiger partial charge in [0.2, 0.25) is 5.91 Å². The van der Waals surface area contributed by atoms with Gasteiger partial charge >= 0.3 is 0 Å². The summed E-state index contributed by atoms with van der Waals surface area (Å²) in [7, 11) is 0. The highest BCUT2D eigenvalue weighted by Gasteiger charge is 2.33. The van der Waals surface area contributed by atoms with Crippen LogP contribution in [-0.4, -0.2) is 43.6 Å². The molecule has 2 aliphatic rings. The summed E-state index contributed by atoms with van der Waals surface area (Å²) in [5.41, 5.74) is 1.89. The fourth-order valence-electron chi connectivity index (χ4n) is 4.36. The zero-order chi connectivity index (χ0) is 22.9. The summed E-state index contributed by atoms with van der Waals surface area (Å²) in [6.45, 7) is 4.50. The van der Waals surface area contributed by atoms with E-state index in [-0.39, 0.29) is 11.8 Å². The van der Waals surface area contributed by atoms with Crippen LogP contribution in [0.25, 0.3) is 17.0 Å². The molecule has 2 amide bonds. The molecule has 8 heteroatoms. The Hall–Kier alpha value is -2.84. The number of piperidine rings is 1. The highest BCUT2D eigenvalue weighted by atomic mass is 32.2. The number of aromatic nitrogens is 1. The number of hydrogen-bond acceptors (Lipinski definition) is 5. The molecule has 4 heterocycles. The topological polar surface area (TPSA) is 58.7 Å². The van der Waals surface area contributed by atoms with Gasteiger partial charge in [0.25, 0.3) is 5.91 Å². The Morgan fingerprint density at radius 1 is 1.21 bits per heavy atom. The molecule has 0 N–H and O–H groups in total. The van der Waals surface area contributed by atoms with Gasteiger partial charge in [0.1, 0.15) is 16.6 Å². The van der Waals surface area contributed by atoms with Crippen LogP contribution >= 0.6 is 24.0 Å². The van der Waals surface area contributed by atoms with Crippen LogP contribution in [0, 0.1) is 5.92 Å². The Labute approximate surface area is 202 Å². The number of furan rings is 1. The lowest BCUT2D eigenvalue weighted by Gasteiger charge is -2.30. The summed E-state index contributed by atoms with van der Waals surface area (Å²) in [6, 6.07) is 11.6. The molecule has 1 aromatic carbocycles. The minimum atomic E-state index is -0.128. The Balaban J connectivity index is 1.40. The van der Waals surface area contributed by atoms with Crippen molar-refractivity contribution in [1.29, 1.82) is 0 Å². The molecule has 170 valence electrons. The Morgan fingerprint density at radius 3 is 2.76 bits per heavy atom. The number of hydrogen-bond donors (Lipinski definition) is 0. The maximum absolute atomic E-state index is 13.0. The molecule has 2 aliphatic heterocycles. The number of rotatable bonds is 5. The lowest BCUT2D eigenvalue weighted by atomic mass is 9.99. The monoisotopic (exact) mass is 479 g/mol. The summed E-state index contributed by atoms with van der Waals surface area (Å²) in [6.07, 6.45) is 7.55. The molecule has 0 spiro atoms. The van der Waals surface area contributed by atoms with Gasteiger partial charge in [0.05, 0.1) is 17.7 Å². The van der Waals surface area contributed by atoms with E-state index in [0.717, 1.165) is 42.4 Å². The molecule has 6 nitrogen and oxygen atoms in total. The van der Waals surface area contributed by atoms with Crippen LogP contribution in [0.3, 0.4) is 0 Å². The van der Waals surface area contributed by atoms with Crippen LogP contribution in [0.2, 0.25) is 0 Å². The maximum Gasteiger partial charge on any atom is 0.266 e. The number of thioether (sulfide) groups is 1.